The minimum atomic E-state index is -2.93. The molecule has 24 nitrogen and oxygen atoms in total. The second-order valence-electron chi connectivity index (χ2n) is 34.9. The number of esters is 4. The van der Waals surface area contributed by atoms with Gasteiger partial charge in [0.1, 0.15) is 48.6 Å². The van der Waals surface area contributed by atoms with Crippen molar-refractivity contribution in [1.29, 1.82) is 0 Å². The first-order chi connectivity index (χ1) is 66.2. The summed E-state index contributed by atoms with van der Waals surface area (Å²) in [6, 6.07) is 10.5. The van der Waals surface area contributed by atoms with Crippen LogP contribution >= 0.6 is 0 Å². The van der Waals surface area contributed by atoms with E-state index >= 15 is 0 Å². The first-order valence-electron chi connectivity index (χ1n) is 54.3. The van der Waals surface area contributed by atoms with Gasteiger partial charge in [0.2, 0.25) is 0 Å². The van der Waals surface area contributed by atoms with E-state index in [0.717, 1.165) is 91.2 Å². The van der Waals surface area contributed by atoms with Crippen LogP contribution in [-0.2, 0) is 63.8 Å². The maximum Gasteiger partial charge on any atom is 0.323 e. The second kappa shape index (κ2) is 43.9. The molecular formula is C96H152N8O16. The summed E-state index contributed by atoms with van der Waals surface area (Å²) in [6.45, 7) is 17.1. The van der Waals surface area contributed by atoms with E-state index in [1.807, 2.05) is 49.1 Å². The number of nitrogens with two attached hydrogens (primary N) is 4. The van der Waals surface area contributed by atoms with E-state index in [-0.39, 0.29) is 122 Å². The molecule has 0 bridgehead atoms. The fourth-order valence-electron chi connectivity index (χ4n) is 17.9. The number of fused-ring (bicyclic) bond motifs is 12. The van der Waals surface area contributed by atoms with Crippen LogP contribution in [-0.4, -0.2) is 201 Å². The molecule has 0 radical (unpaired) electrons. The number of methoxy groups -OCH3 is 8. The summed E-state index contributed by atoms with van der Waals surface area (Å²) in [5, 5.41) is 0. The van der Waals surface area contributed by atoms with Crippen molar-refractivity contribution in [1.82, 2.24) is 19.6 Å². The summed E-state index contributed by atoms with van der Waals surface area (Å²) in [4.78, 5) is 60.0. The van der Waals surface area contributed by atoms with E-state index in [9.17, 15) is 19.2 Å². The molecule has 24 heteroatoms. The highest BCUT2D eigenvalue weighted by Crippen LogP contribution is 2.50. The number of hydrogen-bond acceptors (Lipinski definition) is 24. The molecule has 8 heterocycles. The van der Waals surface area contributed by atoms with E-state index in [1.54, 1.807) is 88.2 Å². The van der Waals surface area contributed by atoms with Crippen LogP contribution in [0.3, 0.4) is 0 Å². The molecule has 8 N–H and O–H groups in total. The van der Waals surface area contributed by atoms with Crippen molar-refractivity contribution >= 4 is 23.9 Å². The van der Waals surface area contributed by atoms with Gasteiger partial charge in [0.05, 0.1) is 65.0 Å². The molecule has 4 aromatic carbocycles. The third kappa shape index (κ3) is 23.8. The normalized spacial score (nSPS) is 30.2. The highest BCUT2D eigenvalue weighted by atomic mass is 16.6. The summed E-state index contributed by atoms with van der Waals surface area (Å²) >= 11 is 0. The standard InChI is InChI=1S/4C24H38N2O4/c4*1-14(2)9-17-13-26-8-7-16-10-21(28-5)22(29-6)11-18(16)19(26)12-20(17)30-24(27)23(25)15(3)4/h4*10-11,14-15,17,19-20,23H,7-9,12-13,25H2,1-6H3/t4*17-,19-,20-,23+/m1111/s1/i1D3,5D3,9D2,14D;2*1D3,9D2,14D;5D3/t3*14?,17-,19-,20-,23+;m. The van der Waals surface area contributed by atoms with Crippen LogP contribution < -0.4 is 60.8 Å². The predicted octanol–water partition coefficient (Wildman–Crippen LogP) is 14.3. The summed E-state index contributed by atoms with van der Waals surface area (Å²) in [5.74, 6) is -9.55. The fourth-order valence-corrected chi connectivity index (χ4v) is 17.9. The van der Waals surface area contributed by atoms with Crippen LogP contribution in [0.25, 0.3) is 0 Å². The van der Waals surface area contributed by atoms with Gasteiger partial charge in [-0.1, -0.05) is 111 Å². The van der Waals surface area contributed by atoms with E-state index < -0.39 is 150 Å². The van der Waals surface area contributed by atoms with Crippen LogP contribution in [0.5, 0.6) is 46.0 Å². The smallest absolute Gasteiger partial charge is 0.323 e. The van der Waals surface area contributed by atoms with Gasteiger partial charge in [-0.05, 0) is 192 Å². The number of nitrogens with zero attached hydrogens (tertiary/aromatic N) is 4. The third-order valence-electron chi connectivity index (χ3n) is 24.7. The number of piperidine rings is 4. The highest BCUT2D eigenvalue weighted by Gasteiger charge is 2.47. The molecule has 4 aromatic rings. The Kier molecular flexibility index (Phi) is 24.6. The van der Waals surface area contributed by atoms with Gasteiger partial charge in [0.25, 0.3) is 0 Å². The van der Waals surface area contributed by atoms with Gasteiger partial charge in [-0.15, -0.1) is 0 Å². The molecule has 19 atom stereocenters. The number of benzene rings is 4. The van der Waals surface area contributed by atoms with Crippen molar-refractivity contribution < 1.29 is 109 Å². The van der Waals surface area contributed by atoms with Crippen LogP contribution in [0, 0.1) is 70.9 Å². The molecule has 3 unspecified atom stereocenters. The Labute approximate surface area is 752 Å². The molecule has 0 amide bonds. The topological polar surface area (TPSA) is 296 Å². The predicted molar refractivity (Wildman–Crippen MR) is 471 cm³/mol. The minimum absolute atomic E-state index is 0.0115. The number of hydrogen-bond donors (Lipinski definition) is 4. The van der Waals surface area contributed by atoms with Crippen molar-refractivity contribution in [3.05, 3.63) is 93.0 Å². The minimum Gasteiger partial charge on any atom is -0.493 e. The van der Waals surface area contributed by atoms with Crippen molar-refractivity contribution in [2.45, 2.75) is 260 Å². The Morgan fingerprint density at radius 3 is 0.783 bits per heavy atom. The summed E-state index contributed by atoms with van der Waals surface area (Å²) in [6.07, 6.45) is -5.89. The van der Waals surface area contributed by atoms with Gasteiger partial charge in [0.15, 0.2) is 46.0 Å². The Balaban J connectivity index is 0.000000214. The lowest BCUT2D eigenvalue weighted by molar-refractivity contribution is -0.161. The lowest BCUT2D eigenvalue weighted by atomic mass is 9.79. The molecule has 4 saturated heterocycles. The van der Waals surface area contributed by atoms with Crippen LogP contribution in [0.2, 0.25) is 0 Å². The number of ether oxygens (including phenoxy) is 12. The molecular weight excluding hydrogens is 1520 g/mol. The molecule has 12 rings (SSSR count). The van der Waals surface area contributed by atoms with Crippen LogP contribution in [0.1, 0.15) is 263 Å². The quantitative estimate of drug-likeness (QED) is 0.0303. The number of carbonyl (C=O) groups is 4. The molecule has 4 fully saturated rings. The fraction of sp³-hybridized carbons (Fsp3) is 0.708. The van der Waals surface area contributed by atoms with Gasteiger partial charge < -0.3 is 79.8 Å². The maximum atomic E-state index is 12.9. The Morgan fingerprint density at radius 1 is 0.358 bits per heavy atom. The van der Waals surface area contributed by atoms with Crippen molar-refractivity contribution in [3.63, 3.8) is 0 Å². The highest BCUT2D eigenvalue weighted by molar-refractivity contribution is 5.77. The third-order valence-corrected chi connectivity index (χ3v) is 24.7. The average molecular weight is 1700 g/mol. The van der Waals surface area contributed by atoms with E-state index in [1.165, 1.54) is 14.2 Å². The molecule has 8 aliphatic rings. The summed E-state index contributed by atoms with van der Waals surface area (Å²) < 4.78 is 261. The lowest BCUT2D eigenvalue weighted by Crippen LogP contribution is -2.51. The summed E-state index contributed by atoms with van der Waals surface area (Å²) in [7, 11) is 3.92. The number of rotatable bonds is 28. The molecule has 0 spiro atoms. The molecule has 0 aliphatic carbocycles. The SMILES string of the molecule is [2H]C([2H])([2H])C([2H])(C)C([2H])([2H])[C@@H]1CN2CCc3cc(OC)c(OC)cc3[C@H]2C[C@H]1OC(=O)[C@@H](N)C(C)C.[2H]C([2H])([2H])C([2H])(C)C([2H])([2H])[C@@H]1CN2CCc3cc(OC)c(OC)cc3[C@H]2C[C@H]1OC(=O)[C@@H](N)C(C)C.[2H]C([2H])([2H])Oc1cc2c(cc1OC)[C@H]1C[C@@H](OC(=O)[C@@H](N)C(C)C)[C@H](C([2H])([2H])C([2H])(C)C([2H])([2H])[2H])CN1CC2.[2H]C([2H])([2H])Oc1cc2c(cc1OC)[C@H]1C[C@@H](OC(=O)[C@@H](N)C(C)C)[C@H](CC(C)C)CN1CC2. The van der Waals surface area contributed by atoms with Crippen LogP contribution in [0.15, 0.2) is 48.5 Å². The van der Waals surface area contributed by atoms with Gasteiger partial charge >= 0.3 is 23.9 Å². The van der Waals surface area contributed by atoms with Crippen LogP contribution in [0.4, 0.5) is 0 Å². The first-order valence-corrected chi connectivity index (χ1v) is 42.3. The molecule has 672 valence electrons. The monoisotopic (exact) mass is 1700 g/mol. The maximum absolute atomic E-state index is 12.9. The van der Waals surface area contributed by atoms with E-state index in [4.69, 9.17) is 113 Å². The molecule has 120 heavy (non-hydrogen) atoms. The zero-order chi connectivity index (χ0) is 109. The Bertz CT molecular complexity index is 4910. The molecule has 0 aromatic heterocycles. The zero-order valence-corrected chi connectivity index (χ0v) is 73.9. The molecule has 8 aliphatic heterocycles. The first kappa shape index (κ1) is 67.3. The van der Waals surface area contributed by atoms with Crippen molar-refractivity contribution in [2.75, 3.05) is 109 Å². The lowest BCUT2D eigenvalue weighted by Gasteiger charge is -2.47. The summed E-state index contributed by atoms with van der Waals surface area (Å²) in [5.41, 5.74) is 31.9. The van der Waals surface area contributed by atoms with Gasteiger partial charge in [-0.25, -0.2) is 0 Å². The Morgan fingerprint density at radius 2 is 0.575 bits per heavy atom. The van der Waals surface area contributed by atoms with E-state index in [2.05, 4.69) is 28.5 Å². The second-order valence-corrected chi connectivity index (χ2v) is 34.9. The average Bonchev–Trinajstić information content (AvgIpc) is 0.732. The van der Waals surface area contributed by atoms with Crippen molar-refractivity contribution in [2.24, 2.45) is 93.9 Å². The van der Waals surface area contributed by atoms with Crippen molar-refractivity contribution in [3.8, 4) is 46.0 Å². The zero-order valence-electron chi connectivity index (χ0n) is 97.9. The molecule has 0 saturated carbocycles. The van der Waals surface area contributed by atoms with E-state index in [0.29, 0.717) is 80.0 Å². The van der Waals surface area contributed by atoms with Gasteiger partial charge in [-0.3, -0.25) is 38.8 Å². The number of carbonyl (C=O) groups excluding carboxylic acids is 4. The van der Waals surface area contributed by atoms with Gasteiger partial charge in [-0.2, -0.15) is 0 Å². The van der Waals surface area contributed by atoms with Gasteiger partial charge in [0, 0.05) is 151 Å². The Hall–Kier alpha value is -7.16. The largest absolute Gasteiger partial charge is 0.493 e.